The van der Waals surface area contributed by atoms with Crippen molar-refractivity contribution in [1.29, 1.82) is 0 Å². The van der Waals surface area contributed by atoms with Gasteiger partial charge in [0.2, 0.25) is 5.91 Å². The van der Waals surface area contributed by atoms with E-state index in [0.29, 0.717) is 12.1 Å². The predicted molar refractivity (Wildman–Crippen MR) is 106 cm³/mol. The number of methoxy groups -OCH3 is 2. The normalized spacial score (nSPS) is 16.9. The van der Waals surface area contributed by atoms with E-state index in [1.165, 1.54) is 0 Å². The summed E-state index contributed by atoms with van der Waals surface area (Å²) in [7, 11) is 3.31. The fourth-order valence-electron chi connectivity index (χ4n) is 3.41. The Morgan fingerprint density at radius 3 is 2.41 bits per heavy atom. The van der Waals surface area contributed by atoms with Crippen molar-refractivity contribution < 1.29 is 14.3 Å². The highest BCUT2D eigenvalue weighted by atomic mass is 16.5. The van der Waals surface area contributed by atoms with Gasteiger partial charge in [0.05, 0.1) is 20.6 Å². The minimum atomic E-state index is 0.0506. The van der Waals surface area contributed by atoms with E-state index in [1.54, 1.807) is 14.2 Å². The van der Waals surface area contributed by atoms with Crippen molar-refractivity contribution in [1.82, 2.24) is 10.2 Å². The lowest BCUT2D eigenvalue weighted by Crippen LogP contribution is -2.37. The summed E-state index contributed by atoms with van der Waals surface area (Å²) in [6.07, 6.45) is 1.33. The van der Waals surface area contributed by atoms with Crippen molar-refractivity contribution in [3.63, 3.8) is 0 Å². The molecule has 1 saturated heterocycles. The van der Waals surface area contributed by atoms with Crippen LogP contribution < -0.4 is 20.5 Å². The van der Waals surface area contributed by atoms with Gasteiger partial charge in [-0.3, -0.25) is 9.69 Å². The second-order valence-electron chi connectivity index (χ2n) is 6.93. The van der Waals surface area contributed by atoms with Gasteiger partial charge in [0.15, 0.2) is 0 Å². The van der Waals surface area contributed by atoms with Crippen LogP contribution >= 0.6 is 0 Å². The van der Waals surface area contributed by atoms with Gasteiger partial charge in [-0.15, -0.1) is 0 Å². The number of carbonyl (C=O) groups is 1. The second kappa shape index (κ2) is 8.77. The van der Waals surface area contributed by atoms with E-state index in [-0.39, 0.29) is 11.9 Å². The number of amides is 1. The van der Waals surface area contributed by atoms with E-state index in [0.717, 1.165) is 48.7 Å². The van der Waals surface area contributed by atoms with E-state index in [4.69, 9.17) is 15.2 Å². The van der Waals surface area contributed by atoms with E-state index >= 15 is 0 Å². The highest BCUT2D eigenvalue weighted by Crippen LogP contribution is 2.24. The molecule has 144 valence electrons. The number of nitrogens with zero attached hydrogens (tertiary/aromatic N) is 1. The first-order valence-corrected chi connectivity index (χ1v) is 9.14. The van der Waals surface area contributed by atoms with Crippen LogP contribution in [-0.4, -0.2) is 44.2 Å². The highest BCUT2D eigenvalue weighted by Gasteiger charge is 2.24. The van der Waals surface area contributed by atoms with Gasteiger partial charge in [0.1, 0.15) is 11.5 Å². The maximum absolute atomic E-state index is 12.3. The molecule has 0 saturated carbocycles. The van der Waals surface area contributed by atoms with Crippen LogP contribution in [0.2, 0.25) is 0 Å². The van der Waals surface area contributed by atoms with E-state index in [1.807, 2.05) is 42.5 Å². The number of hydrogen-bond acceptors (Lipinski definition) is 5. The highest BCUT2D eigenvalue weighted by molar-refractivity contribution is 5.79. The summed E-state index contributed by atoms with van der Waals surface area (Å²) in [6.45, 7) is 2.59. The van der Waals surface area contributed by atoms with E-state index in [9.17, 15) is 4.79 Å². The Morgan fingerprint density at radius 1 is 1.11 bits per heavy atom. The molecule has 0 aliphatic carbocycles. The number of nitrogens with two attached hydrogens (primary N) is 1. The summed E-state index contributed by atoms with van der Waals surface area (Å²) in [5, 5.41) is 3.14. The SMILES string of the molecule is COc1cc(CN2CCC(NC(=O)Cc3ccc(N)cc3)C2)cc(OC)c1. The molecule has 1 fully saturated rings. The third-order valence-electron chi connectivity index (χ3n) is 4.80. The molecule has 1 amide bonds. The zero-order chi connectivity index (χ0) is 19.2. The smallest absolute Gasteiger partial charge is 0.224 e. The molecule has 0 spiro atoms. The van der Waals surface area contributed by atoms with Gasteiger partial charge in [-0.1, -0.05) is 12.1 Å². The Kier molecular flexibility index (Phi) is 6.19. The molecule has 6 heteroatoms. The number of rotatable bonds is 7. The molecule has 1 unspecified atom stereocenters. The average molecular weight is 369 g/mol. The second-order valence-corrected chi connectivity index (χ2v) is 6.93. The maximum atomic E-state index is 12.3. The van der Waals surface area contributed by atoms with Crippen molar-refractivity contribution in [3.8, 4) is 11.5 Å². The number of nitrogen functional groups attached to an aromatic ring is 1. The van der Waals surface area contributed by atoms with Gasteiger partial charge < -0.3 is 20.5 Å². The van der Waals surface area contributed by atoms with Crippen LogP contribution in [0.4, 0.5) is 5.69 Å². The van der Waals surface area contributed by atoms with Crippen LogP contribution in [0.25, 0.3) is 0 Å². The van der Waals surface area contributed by atoms with Gasteiger partial charge in [-0.25, -0.2) is 0 Å². The van der Waals surface area contributed by atoms with Gasteiger partial charge in [0, 0.05) is 37.4 Å². The minimum Gasteiger partial charge on any atom is -0.497 e. The first kappa shape index (κ1) is 19.0. The molecule has 3 rings (SSSR count). The third-order valence-corrected chi connectivity index (χ3v) is 4.80. The molecule has 0 aromatic heterocycles. The standard InChI is InChI=1S/C21H27N3O3/c1-26-19-9-16(10-20(12-19)27-2)13-24-8-7-18(14-24)23-21(25)11-15-3-5-17(22)6-4-15/h3-6,9-10,12,18H,7-8,11,13-14,22H2,1-2H3,(H,23,25). The first-order valence-electron chi connectivity index (χ1n) is 9.14. The van der Waals surface area contributed by atoms with Crippen molar-refractivity contribution in [2.45, 2.75) is 25.4 Å². The molecule has 1 atom stereocenters. The zero-order valence-corrected chi connectivity index (χ0v) is 15.9. The van der Waals surface area contributed by atoms with Crippen LogP contribution in [0.15, 0.2) is 42.5 Å². The minimum absolute atomic E-state index is 0.0506. The summed E-state index contributed by atoms with van der Waals surface area (Å²) in [5.41, 5.74) is 8.50. The molecule has 27 heavy (non-hydrogen) atoms. The van der Waals surface area contributed by atoms with Crippen LogP contribution in [-0.2, 0) is 17.8 Å². The topological polar surface area (TPSA) is 76.8 Å². The number of nitrogens with one attached hydrogen (secondary N) is 1. The summed E-state index contributed by atoms with van der Waals surface area (Å²) in [6, 6.07) is 13.5. The summed E-state index contributed by atoms with van der Waals surface area (Å²) >= 11 is 0. The monoisotopic (exact) mass is 369 g/mol. The Bertz CT molecular complexity index is 754. The number of carbonyl (C=O) groups excluding carboxylic acids is 1. The molecule has 0 bridgehead atoms. The Labute approximate surface area is 160 Å². The van der Waals surface area contributed by atoms with Gasteiger partial charge in [-0.2, -0.15) is 0 Å². The quantitative estimate of drug-likeness (QED) is 0.732. The maximum Gasteiger partial charge on any atom is 0.224 e. The lowest BCUT2D eigenvalue weighted by Gasteiger charge is -2.18. The molecule has 6 nitrogen and oxygen atoms in total. The van der Waals surface area contributed by atoms with E-state index in [2.05, 4.69) is 10.2 Å². The Hall–Kier alpha value is -2.73. The summed E-state index contributed by atoms with van der Waals surface area (Å²) in [5.74, 6) is 1.63. The molecular weight excluding hydrogens is 342 g/mol. The summed E-state index contributed by atoms with van der Waals surface area (Å²) < 4.78 is 10.7. The Balaban J connectivity index is 1.51. The van der Waals surface area contributed by atoms with Crippen LogP contribution in [0, 0.1) is 0 Å². The molecule has 2 aromatic rings. The summed E-state index contributed by atoms with van der Waals surface area (Å²) in [4.78, 5) is 14.6. The number of likely N-dealkylation sites (tertiary alicyclic amines) is 1. The van der Waals surface area contributed by atoms with Crippen molar-refractivity contribution >= 4 is 11.6 Å². The lowest BCUT2D eigenvalue weighted by molar-refractivity contribution is -0.121. The Morgan fingerprint density at radius 2 is 1.78 bits per heavy atom. The van der Waals surface area contributed by atoms with Gasteiger partial charge in [-0.05, 0) is 41.8 Å². The zero-order valence-electron chi connectivity index (χ0n) is 15.9. The molecule has 3 N–H and O–H groups in total. The van der Waals surface area contributed by atoms with Crippen molar-refractivity contribution in [3.05, 3.63) is 53.6 Å². The van der Waals surface area contributed by atoms with Crippen LogP contribution in [0.5, 0.6) is 11.5 Å². The average Bonchev–Trinajstić information content (AvgIpc) is 3.09. The molecule has 0 radical (unpaired) electrons. The van der Waals surface area contributed by atoms with Crippen molar-refractivity contribution in [2.24, 2.45) is 0 Å². The fourth-order valence-corrected chi connectivity index (χ4v) is 3.41. The number of benzene rings is 2. The molecule has 1 heterocycles. The molecular formula is C21H27N3O3. The number of anilines is 1. The van der Waals surface area contributed by atoms with Crippen LogP contribution in [0.3, 0.4) is 0 Å². The molecule has 1 aliphatic rings. The van der Waals surface area contributed by atoms with Crippen LogP contribution in [0.1, 0.15) is 17.5 Å². The van der Waals surface area contributed by atoms with Gasteiger partial charge in [0.25, 0.3) is 0 Å². The van der Waals surface area contributed by atoms with E-state index < -0.39 is 0 Å². The predicted octanol–water partition coefficient (Wildman–Crippen LogP) is 2.22. The fraction of sp³-hybridized carbons (Fsp3) is 0.381. The van der Waals surface area contributed by atoms with Crippen molar-refractivity contribution in [2.75, 3.05) is 33.0 Å². The molecule has 1 aliphatic heterocycles. The largest absolute Gasteiger partial charge is 0.497 e. The molecule has 2 aromatic carbocycles. The number of ether oxygens (including phenoxy) is 2. The lowest BCUT2D eigenvalue weighted by atomic mass is 10.1. The first-order chi connectivity index (χ1) is 13.1. The third kappa shape index (κ3) is 5.37. The number of hydrogen-bond donors (Lipinski definition) is 2. The van der Waals surface area contributed by atoms with Gasteiger partial charge >= 0.3 is 0 Å².